The van der Waals surface area contributed by atoms with Gasteiger partial charge >= 0.3 is 6.03 Å². The topological polar surface area (TPSA) is 50.4 Å². The van der Waals surface area contributed by atoms with Gasteiger partial charge < -0.3 is 15.4 Å². The van der Waals surface area contributed by atoms with E-state index in [1.165, 1.54) is 24.0 Å². The van der Waals surface area contributed by atoms with Gasteiger partial charge in [-0.15, -0.1) is 0 Å². The molecular weight excluding hydrogens is 312 g/mol. The number of fused-ring (bicyclic) bond motifs is 1. The highest BCUT2D eigenvalue weighted by Crippen LogP contribution is 2.38. The molecule has 1 aromatic carbocycles. The van der Waals surface area contributed by atoms with E-state index in [0.717, 1.165) is 43.2 Å². The van der Waals surface area contributed by atoms with Gasteiger partial charge in [-0.25, -0.2) is 4.79 Å². The predicted molar refractivity (Wildman–Crippen MR) is 89.7 cm³/mol. The van der Waals surface area contributed by atoms with E-state index in [1.807, 2.05) is 18.2 Å². The standard InChI is InChI=1S/C18H23ClN2O2/c19-13-4-5-15-12(9-13)3-6-16(15)21-18(22)20-14-7-8-23-17(10-14)11-1-2-11/h4-5,9,11,14,16-17H,1-3,6-8,10H2,(H2,20,21,22)/t14-,16+,17-/m1/s1. The quantitative estimate of drug-likeness (QED) is 0.887. The van der Waals surface area contributed by atoms with Crippen LogP contribution in [-0.4, -0.2) is 24.8 Å². The maximum absolute atomic E-state index is 12.3. The first-order chi connectivity index (χ1) is 11.2. The summed E-state index contributed by atoms with van der Waals surface area (Å²) in [6.45, 7) is 0.761. The highest BCUT2D eigenvalue weighted by molar-refractivity contribution is 6.30. The summed E-state index contributed by atoms with van der Waals surface area (Å²) in [5, 5.41) is 7.04. The Bertz CT molecular complexity index is 603. The van der Waals surface area contributed by atoms with Crippen molar-refractivity contribution in [3.05, 3.63) is 34.3 Å². The number of urea groups is 1. The summed E-state index contributed by atoms with van der Waals surface area (Å²) in [6.07, 6.45) is 6.70. The van der Waals surface area contributed by atoms with Crippen molar-refractivity contribution in [2.75, 3.05) is 6.61 Å². The van der Waals surface area contributed by atoms with E-state index in [1.54, 1.807) is 0 Å². The number of nitrogens with one attached hydrogen (secondary N) is 2. The van der Waals surface area contributed by atoms with Crippen molar-refractivity contribution in [2.24, 2.45) is 5.92 Å². The number of carbonyl (C=O) groups excluding carboxylic acids is 1. The van der Waals surface area contributed by atoms with Gasteiger partial charge in [-0.1, -0.05) is 17.7 Å². The number of amides is 2. The van der Waals surface area contributed by atoms with Gasteiger partial charge in [0.15, 0.2) is 0 Å². The fraction of sp³-hybridized carbons (Fsp3) is 0.611. The van der Waals surface area contributed by atoms with Gasteiger partial charge in [0.05, 0.1) is 12.1 Å². The maximum atomic E-state index is 12.3. The molecule has 2 aliphatic carbocycles. The Hall–Kier alpha value is -1.26. The molecule has 124 valence electrons. The Kier molecular flexibility index (Phi) is 4.20. The highest BCUT2D eigenvalue weighted by atomic mass is 35.5. The predicted octanol–water partition coefficient (Wildman–Crippen LogP) is 3.58. The van der Waals surface area contributed by atoms with Crippen molar-refractivity contribution in [3.63, 3.8) is 0 Å². The summed E-state index contributed by atoms with van der Waals surface area (Å²) in [5.41, 5.74) is 2.45. The van der Waals surface area contributed by atoms with Crippen LogP contribution in [0.1, 0.15) is 49.3 Å². The second-order valence-corrected chi connectivity index (χ2v) is 7.46. The summed E-state index contributed by atoms with van der Waals surface area (Å²) in [4.78, 5) is 12.3. The van der Waals surface area contributed by atoms with Gasteiger partial charge in [-0.05, 0) is 67.7 Å². The van der Waals surface area contributed by atoms with Gasteiger partial charge in [0.2, 0.25) is 0 Å². The second-order valence-electron chi connectivity index (χ2n) is 7.02. The minimum Gasteiger partial charge on any atom is -0.378 e. The zero-order chi connectivity index (χ0) is 15.8. The van der Waals surface area contributed by atoms with Gasteiger partial charge in [-0.2, -0.15) is 0 Å². The fourth-order valence-corrected chi connectivity index (χ4v) is 4.07. The molecule has 2 amide bonds. The van der Waals surface area contributed by atoms with Crippen LogP contribution in [-0.2, 0) is 11.2 Å². The van der Waals surface area contributed by atoms with E-state index in [9.17, 15) is 4.79 Å². The molecule has 2 fully saturated rings. The summed E-state index contributed by atoms with van der Waals surface area (Å²) >= 11 is 6.04. The lowest BCUT2D eigenvalue weighted by atomic mass is 10.0. The van der Waals surface area contributed by atoms with E-state index in [2.05, 4.69) is 10.6 Å². The minimum absolute atomic E-state index is 0.0563. The molecule has 4 rings (SSSR count). The first-order valence-corrected chi connectivity index (χ1v) is 9.04. The van der Waals surface area contributed by atoms with Crippen molar-refractivity contribution in [1.82, 2.24) is 10.6 Å². The fourth-order valence-electron chi connectivity index (χ4n) is 3.88. The molecule has 0 aromatic heterocycles. The first-order valence-electron chi connectivity index (χ1n) is 8.66. The van der Waals surface area contributed by atoms with E-state index in [-0.39, 0.29) is 18.1 Å². The molecule has 4 nitrogen and oxygen atoms in total. The molecule has 3 aliphatic rings. The maximum Gasteiger partial charge on any atom is 0.315 e. The first kappa shape index (κ1) is 15.3. The van der Waals surface area contributed by atoms with Crippen molar-refractivity contribution in [1.29, 1.82) is 0 Å². The number of carbonyl (C=O) groups is 1. The molecule has 1 saturated carbocycles. The zero-order valence-corrected chi connectivity index (χ0v) is 13.9. The van der Waals surface area contributed by atoms with Crippen LogP contribution in [0.4, 0.5) is 4.79 Å². The summed E-state index contributed by atoms with van der Waals surface area (Å²) in [5.74, 6) is 0.731. The van der Waals surface area contributed by atoms with Crippen molar-refractivity contribution < 1.29 is 9.53 Å². The Balaban J connectivity index is 1.32. The van der Waals surface area contributed by atoms with Gasteiger partial charge in [0.25, 0.3) is 0 Å². The summed E-state index contributed by atoms with van der Waals surface area (Å²) < 4.78 is 5.82. The lowest BCUT2D eigenvalue weighted by Gasteiger charge is -2.30. The average molecular weight is 335 g/mol. The van der Waals surface area contributed by atoms with Crippen molar-refractivity contribution in [2.45, 2.75) is 56.7 Å². The number of rotatable bonds is 3. The molecule has 1 heterocycles. The third kappa shape index (κ3) is 3.48. The lowest BCUT2D eigenvalue weighted by molar-refractivity contribution is -0.00918. The van der Waals surface area contributed by atoms with Crippen LogP contribution in [0.2, 0.25) is 5.02 Å². The Morgan fingerprint density at radius 3 is 2.87 bits per heavy atom. The normalized spacial score (nSPS) is 29.9. The van der Waals surface area contributed by atoms with E-state index >= 15 is 0 Å². The molecule has 1 saturated heterocycles. The van der Waals surface area contributed by atoms with Crippen molar-refractivity contribution in [3.8, 4) is 0 Å². The van der Waals surface area contributed by atoms with Crippen LogP contribution in [0.3, 0.4) is 0 Å². The van der Waals surface area contributed by atoms with Crippen LogP contribution in [0, 0.1) is 5.92 Å². The molecule has 0 unspecified atom stereocenters. The van der Waals surface area contributed by atoms with Crippen LogP contribution in [0.5, 0.6) is 0 Å². The largest absolute Gasteiger partial charge is 0.378 e. The molecule has 0 radical (unpaired) electrons. The smallest absolute Gasteiger partial charge is 0.315 e. The Labute approximate surface area is 141 Å². The number of halogens is 1. The molecule has 0 spiro atoms. The van der Waals surface area contributed by atoms with Crippen molar-refractivity contribution >= 4 is 17.6 Å². The third-order valence-corrected chi connectivity index (χ3v) is 5.52. The second kappa shape index (κ2) is 6.33. The number of hydrogen-bond acceptors (Lipinski definition) is 2. The molecule has 5 heteroatoms. The molecule has 3 atom stereocenters. The summed E-state index contributed by atoms with van der Waals surface area (Å²) in [7, 11) is 0. The minimum atomic E-state index is -0.0563. The van der Waals surface area contributed by atoms with E-state index in [4.69, 9.17) is 16.3 Å². The van der Waals surface area contributed by atoms with Gasteiger partial charge in [-0.3, -0.25) is 0 Å². The molecule has 1 aliphatic heterocycles. The summed E-state index contributed by atoms with van der Waals surface area (Å²) in [6, 6.07) is 6.22. The lowest BCUT2D eigenvalue weighted by Crippen LogP contribution is -2.47. The number of benzene rings is 1. The van der Waals surface area contributed by atoms with E-state index in [0.29, 0.717) is 6.10 Å². The third-order valence-electron chi connectivity index (χ3n) is 5.29. The Morgan fingerprint density at radius 2 is 2.04 bits per heavy atom. The molecule has 0 bridgehead atoms. The average Bonchev–Trinajstić information content (AvgIpc) is 3.31. The SMILES string of the molecule is O=C(N[C@@H]1CCO[C@@H](C2CC2)C1)N[C@H]1CCc2cc(Cl)ccc21. The number of hydrogen-bond donors (Lipinski definition) is 2. The molecule has 2 N–H and O–H groups in total. The van der Waals surface area contributed by atoms with Gasteiger partial charge in [0.1, 0.15) is 0 Å². The monoisotopic (exact) mass is 334 g/mol. The Morgan fingerprint density at radius 1 is 1.17 bits per heavy atom. The van der Waals surface area contributed by atoms with Crippen LogP contribution >= 0.6 is 11.6 Å². The van der Waals surface area contributed by atoms with E-state index < -0.39 is 0 Å². The van der Waals surface area contributed by atoms with Crippen LogP contribution in [0.15, 0.2) is 18.2 Å². The highest BCUT2D eigenvalue weighted by Gasteiger charge is 2.36. The van der Waals surface area contributed by atoms with Crippen LogP contribution in [0.25, 0.3) is 0 Å². The number of ether oxygens (including phenoxy) is 1. The zero-order valence-electron chi connectivity index (χ0n) is 13.2. The van der Waals surface area contributed by atoms with Crippen LogP contribution < -0.4 is 10.6 Å². The molecule has 1 aromatic rings. The number of aryl methyl sites for hydroxylation is 1. The molecular formula is C18H23ClN2O2. The molecule has 23 heavy (non-hydrogen) atoms. The van der Waals surface area contributed by atoms with Gasteiger partial charge in [0, 0.05) is 17.7 Å².